The highest BCUT2D eigenvalue weighted by molar-refractivity contribution is 4.98. The second-order valence-electron chi connectivity index (χ2n) is 1.93. The molecular weight excluding hydrogens is 312 g/mol. The molecule has 0 unspecified atom stereocenters. The molecule has 0 fully saturated rings. The van der Waals surface area contributed by atoms with Gasteiger partial charge in [-0.05, 0) is 6.58 Å². The van der Waals surface area contributed by atoms with Crippen LogP contribution in [0.2, 0.25) is 0 Å². The lowest BCUT2D eigenvalue weighted by atomic mass is 10.6. The van der Waals surface area contributed by atoms with Gasteiger partial charge < -0.3 is 0 Å². The molecule has 0 saturated carbocycles. The third-order valence-electron chi connectivity index (χ3n) is 0.558. The Hall–Kier alpha value is -1.62. The van der Waals surface area contributed by atoms with Crippen molar-refractivity contribution in [3.63, 3.8) is 0 Å². The Labute approximate surface area is 96.9 Å². The zero-order valence-corrected chi connectivity index (χ0v) is 8.24. The molecule has 0 nitrogen and oxygen atoms in total. The molecule has 0 N–H and O–H groups in total. The highest BCUT2D eigenvalue weighted by atomic mass is 19.4. The molecule has 0 aromatic carbocycles. The van der Waals surface area contributed by atoms with Crippen LogP contribution >= 0.6 is 0 Å². The molecule has 114 valence electrons. The van der Waals surface area contributed by atoms with E-state index in [4.69, 9.17) is 0 Å². The fourth-order valence-corrected chi connectivity index (χ4v) is 0.107. The van der Waals surface area contributed by atoms with Crippen molar-refractivity contribution in [2.24, 2.45) is 0 Å². The molecule has 0 rings (SSSR count). The SMILES string of the molecule is C=C(F)F.FC(F)=C(F)C(F)(F)F.FC(F)=C(F)F. The molecule has 0 aliphatic rings. The lowest BCUT2D eigenvalue weighted by Crippen LogP contribution is -2.08. The van der Waals surface area contributed by atoms with Gasteiger partial charge in [0, 0.05) is 0 Å². The van der Waals surface area contributed by atoms with Crippen LogP contribution < -0.4 is 0 Å². The number of halogens is 12. The summed E-state index contributed by atoms with van der Waals surface area (Å²) >= 11 is 0. The Bertz CT molecular complexity index is 308. The first-order chi connectivity index (χ1) is 8.23. The highest BCUT2D eigenvalue weighted by Crippen LogP contribution is 2.29. The van der Waals surface area contributed by atoms with Gasteiger partial charge in [0.25, 0.3) is 11.9 Å². The standard InChI is InChI=1S/C3F6.C2F4.C2H2F2/c4-1(2(5)6)3(7,8)9;3-1(4)2(5)6;1-2(3)4/h;;1H2. The average molecular weight is 314 g/mol. The Balaban J connectivity index is -0.000000222. The first-order valence-electron chi connectivity index (χ1n) is 3.37. The third kappa shape index (κ3) is 22.1. The quantitative estimate of drug-likeness (QED) is 0.480. The van der Waals surface area contributed by atoms with Crippen LogP contribution in [0, 0.1) is 0 Å². The highest BCUT2D eigenvalue weighted by Gasteiger charge is 2.38. The smallest absolute Gasteiger partial charge is 0.196 e. The van der Waals surface area contributed by atoms with E-state index in [1.165, 1.54) is 0 Å². The van der Waals surface area contributed by atoms with Gasteiger partial charge in [-0.3, -0.25) is 0 Å². The minimum atomic E-state index is -5.56. The van der Waals surface area contributed by atoms with Gasteiger partial charge in [-0.1, -0.05) is 0 Å². The van der Waals surface area contributed by atoms with Gasteiger partial charge in [-0.15, -0.1) is 0 Å². The van der Waals surface area contributed by atoms with Crippen LogP contribution in [0.3, 0.4) is 0 Å². The van der Waals surface area contributed by atoms with Gasteiger partial charge in [0.05, 0.1) is 0 Å². The van der Waals surface area contributed by atoms with Crippen molar-refractivity contribution in [2.45, 2.75) is 6.18 Å². The van der Waals surface area contributed by atoms with Crippen molar-refractivity contribution in [1.29, 1.82) is 0 Å². The zero-order chi connectivity index (χ0) is 16.4. The van der Waals surface area contributed by atoms with E-state index < -0.39 is 36.3 Å². The molecule has 19 heavy (non-hydrogen) atoms. The van der Waals surface area contributed by atoms with Crippen LogP contribution in [-0.4, -0.2) is 6.18 Å². The molecule has 0 atom stereocenters. The summed E-state index contributed by atoms with van der Waals surface area (Å²) < 4.78 is 126. The molecule has 0 spiro atoms. The monoisotopic (exact) mass is 314 g/mol. The molecule has 0 aromatic heterocycles. The van der Waals surface area contributed by atoms with Gasteiger partial charge in [0.1, 0.15) is 0 Å². The fourth-order valence-electron chi connectivity index (χ4n) is 0.107. The summed E-state index contributed by atoms with van der Waals surface area (Å²) in [6, 6.07) is 0. The molecule has 0 saturated heterocycles. The molecular formula is C7H2F12. The van der Waals surface area contributed by atoms with Gasteiger partial charge in [-0.25, -0.2) is 0 Å². The molecule has 0 aromatic rings. The van der Waals surface area contributed by atoms with E-state index in [0.717, 1.165) is 0 Å². The fraction of sp³-hybridized carbons (Fsp3) is 0.143. The van der Waals surface area contributed by atoms with E-state index in [9.17, 15) is 52.7 Å². The summed E-state index contributed by atoms with van der Waals surface area (Å²) in [6.07, 6.45) is -16.5. The molecule has 0 aliphatic carbocycles. The summed E-state index contributed by atoms with van der Waals surface area (Å²) in [5, 5.41) is 0. The van der Waals surface area contributed by atoms with Crippen molar-refractivity contribution < 1.29 is 52.7 Å². The molecule has 0 radical (unpaired) electrons. The van der Waals surface area contributed by atoms with Crippen LogP contribution in [0.25, 0.3) is 0 Å². The van der Waals surface area contributed by atoms with E-state index in [-0.39, 0.29) is 0 Å². The maximum absolute atomic E-state index is 11.0. The predicted molar refractivity (Wildman–Crippen MR) is 39.2 cm³/mol. The topological polar surface area (TPSA) is 0 Å². The second kappa shape index (κ2) is 10.3. The maximum Gasteiger partial charge on any atom is 0.448 e. The third-order valence-corrected chi connectivity index (χ3v) is 0.558. The van der Waals surface area contributed by atoms with E-state index in [2.05, 4.69) is 6.58 Å². The Kier molecular flexibility index (Phi) is 12.2. The summed E-state index contributed by atoms with van der Waals surface area (Å²) in [5.41, 5.74) is 0. The lowest BCUT2D eigenvalue weighted by molar-refractivity contribution is -0.113. The minimum Gasteiger partial charge on any atom is -0.196 e. The number of rotatable bonds is 0. The van der Waals surface area contributed by atoms with Gasteiger partial charge >= 0.3 is 24.4 Å². The summed E-state index contributed by atoms with van der Waals surface area (Å²) in [5.74, 6) is -3.33. The largest absolute Gasteiger partial charge is 0.448 e. The van der Waals surface area contributed by atoms with Crippen LogP contribution in [0.4, 0.5) is 52.7 Å². The summed E-state index contributed by atoms with van der Waals surface area (Å²) in [6.45, 7) is 2.22. The molecule has 12 heteroatoms. The van der Waals surface area contributed by atoms with Gasteiger partial charge in [0.2, 0.25) is 0 Å². The van der Waals surface area contributed by atoms with Gasteiger partial charge in [0.15, 0.2) is 0 Å². The number of hydrogen-bond donors (Lipinski definition) is 0. The molecule has 0 bridgehead atoms. The van der Waals surface area contributed by atoms with E-state index in [1.807, 2.05) is 0 Å². The van der Waals surface area contributed by atoms with Crippen molar-refractivity contribution in [3.05, 3.63) is 36.7 Å². The summed E-state index contributed by atoms with van der Waals surface area (Å²) in [7, 11) is 0. The minimum absolute atomic E-state index is 1.83. The molecule has 0 amide bonds. The van der Waals surface area contributed by atoms with Crippen molar-refractivity contribution in [2.75, 3.05) is 0 Å². The summed E-state index contributed by atoms with van der Waals surface area (Å²) in [4.78, 5) is 0. The number of alkyl halides is 3. The number of hydrogen-bond acceptors (Lipinski definition) is 0. The maximum atomic E-state index is 11.0. The van der Waals surface area contributed by atoms with E-state index in [1.54, 1.807) is 0 Å². The van der Waals surface area contributed by atoms with E-state index >= 15 is 0 Å². The molecule has 0 heterocycles. The zero-order valence-electron chi connectivity index (χ0n) is 8.24. The lowest BCUT2D eigenvalue weighted by Gasteiger charge is -1.98. The van der Waals surface area contributed by atoms with Crippen LogP contribution in [0.5, 0.6) is 0 Å². The first kappa shape index (κ1) is 22.6. The van der Waals surface area contributed by atoms with Crippen molar-refractivity contribution in [3.8, 4) is 0 Å². The first-order valence-corrected chi connectivity index (χ1v) is 3.37. The van der Waals surface area contributed by atoms with Crippen LogP contribution in [0.15, 0.2) is 36.7 Å². The Morgan fingerprint density at radius 2 is 0.789 bits per heavy atom. The van der Waals surface area contributed by atoms with Crippen LogP contribution in [0.1, 0.15) is 0 Å². The average Bonchev–Trinajstić information content (AvgIpc) is 2.14. The van der Waals surface area contributed by atoms with Crippen LogP contribution in [-0.2, 0) is 0 Å². The Morgan fingerprint density at radius 3 is 0.789 bits per heavy atom. The van der Waals surface area contributed by atoms with E-state index in [0.29, 0.717) is 0 Å². The van der Waals surface area contributed by atoms with Gasteiger partial charge in [-0.2, -0.15) is 52.7 Å². The number of allylic oxidation sites excluding steroid dienone is 1. The van der Waals surface area contributed by atoms with Crippen molar-refractivity contribution >= 4 is 0 Å². The van der Waals surface area contributed by atoms with Crippen molar-refractivity contribution in [1.82, 2.24) is 0 Å². The second-order valence-corrected chi connectivity index (χ2v) is 1.93. The Morgan fingerprint density at radius 1 is 0.579 bits per heavy atom. The predicted octanol–water partition coefficient (Wildman–Crippen LogP) is 6.01. The normalized spacial score (nSPS) is 9.26. The molecule has 0 aliphatic heterocycles.